The molecule has 1 aromatic carbocycles. The SMILES string of the molecule is COC(=O)C(COc1ccccc1Cl)c1cccnc1. The molecule has 2 rings (SSSR count). The van der Waals surface area contributed by atoms with E-state index in [0.29, 0.717) is 10.8 Å². The maximum absolute atomic E-state index is 11.9. The number of hydrogen-bond donors (Lipinski definition) is 0. The first-order valence-electron chi connectivity index (χ1n) is 6.07. The second-order valence-electron chi connectivity index (χ2n) is 4.10. The lowest BCUT2D eigenvalue weighted by Gasteiger charge is -2.16. The largest absolute Gasteiger partial charge is 0.491 e. The highest BCUT2D eigenvalue weighted by molar-refractivity contribution is 6.32. The highest BCUT2D eigenvalue weighted by atomic mass is 35.5. The van der Waals surface area contributed by atoms with Crippen LogP contribution >= 0.6 is 11.6 Å². The first-order chi connectivity index (χ1) is 9.72. The molecule has 1 heterocycles. The monoisotopic (exact) mass is 291 g/mol. The van der Waals surface area contributed by atoms with E-state index in [1.54, 1.807) is 30.6 Å². The van der Waals surface area contributed by atoms with Gasteiger partial charge in [0.05, 0.1) is 12.1 Å². The third kappa shape index (κ3) is 3.48. The number of rotatable bonds is 5. The second-order valence-corrected chi connectivity index (χ2v) is 4.51. The fraction of sp³-hybridized carbons (Fsp3) is 0.200. The van der Waals surface area contributed by atoms with E-state index in [9.17, 15) is 4.79 Å². The second kappa shape index (κ2) is 6.91. The van der Waals surface area contributed by atoms with Crippen molar-refractivity contribution >= 4 is 17.6 Å². The van der Waals surface area contributed by atoms with E-state index in [2.05, 4.69) is 4.98 Å². The van der Waals surface area contributed by atoms with Gasteiger partial charge in [0.15, 0.2) is 0 Å². The summed E-state index contributed by atoms with van der Waals surface area (Å²) in [5.74, 6) is -0.373. The van der Waals surface area contributed by atoms with Crippen molar-refractivity contribution in [2.45, 2.75) is 5.92 Å². The van der Waals surface area contributed by atoms with Crippen LogP contribution < -0.4 is 4.74 Å². The standard InChI is InChI=1S/C15H14ClNO3/c1-19-15(18)12(11-5-4-8-17-9-11)10-20-14-7-3-2-6-13(14)16/h2-9,12H,10H2,1H3. The van der Waals surface area contributed by atoms with Gasteiger partial charge < -0.3 is 9.47 Å². The van der Waals surface area contributed by atoms with Crippen molar-refractivity contribution in [1.29, 1.82) is 0 Å². The molecule has 104 valence electrons. The van der Waals surface area contributed by atoms with Crippen LogP contribution in [0.4, 0.5) is 0 Å². The Hall–Kier alpha value is -2.07. The van der Waals surface area contributed by atoms with Crippen LogP contribution in [-0.2, 0) is 9.53 Å². The number of pyridine rings is 1. The van der Waals surface area contributed by atoms with Gasteiger partial charge in [0.25, 0.3) is 0 Å². The summed E-state index contributed by atoms with van der Waals surface area (Å²) in [7, 11) is 1.35. The van der Waals surface area contributed by atoms with Gasteiger partial charge in [0.2, 0.25) is 0 Å². The van der Waals surface area contributed by atoms with Crippen molar-refractivity contribution in [1.82, 2.24) is 4.98 Å². The summed E-state index contributed by atoms with van der Waals surface area (Å²) < 4.78 is 10.4. The molecule has 1 aromatic heterocycles. The number of benzene rings is 1. The van der Waals surface area contributed by atoms with Crippen LogP contribution in [0.1, 0.15) is 11.5 Å². The van der Waals surface area contributed by atoms with Crippen LogP contribution in [0.15, 0.2) is 48.8 Å². The fourth-order valence-corrected chi connectivity index (χ4v) is 1.95. The Kier molecular flexibility index (Phi) is 4.96. The summed E-state index contributed by atoms with van der Waals surface area (Å²) in [6, 6.07) is 10.7. The lowest BCUT2D eigenvalue weighted by atomic mass is 10.0. The van der Waals surface area contributed by atoms with E-state index in [-0.39, 0.29) is 12.6 Å². The van der Waals surface area contributed by atoms with Gasteiger partial charge in [-0.05, 0) is 23.8 Å². The summed E-state index contributed by atoms with van der Waals surface area (Å²) in [6.07, 6.45) is 3.27. The van der Waals surface area contributed by atoms with Crippen LogP contribution in [0.3, 0.4) is 0 Å². The molecule has 0 aliphatic carbocycles. The Bertz CT molecular complexity index is 574. The van der Waals surface area contributed by atoms with Crippen molar-refractivity contribution in [2.75, 3.05) is 13.7 Å². The molecule has 2 aromatic rings. The lowest BCUT2D eigenvalue weighted by Crippen LogP contribution is -2.21. The van der Waals surface area contributed by atoms with Crippen LogP contribution in [-0.4, -0.2) is 24.7 Å². The van der Waals surface area contributed by atoms with Gasteiger partial charge in [-0.1, -0.05) is 29.8 Å². The molecule has 0 amide bonds. The third-order valence-corrected chi connectivity index (χ3v) is 3.13. The third-order valence-electron chi connectivity index (χ3n) is 2.81. The molecule has 5 heteroatoms. The number of nitrogens with zero attached hydrogens (tertiary/aromatic N) is 1. The Labute approximate surface area is 122 Å². The zero-order chi connectivity index (χ0) is 14.4. The molecule has 0 N–H and O–H groups in total. The summed E-state index contributed by atoms with van der Waals surface area (Å²) >= 11 is 6.01. The van der Waals surface area contributed by atoms with E-state index in [4.69, 9.17) is 21.1 Å². The molecule has 0 bridgehead atoms. The molecule has 1 atom stereocenters. The van der Waals surface area contributed by atoms with Gasteiger partial charge >= 0.3 is 5.97 Å². The van der Waals surface area contributed by atoms with Gasteiger partial charge in [-0.3, -0.25) is 9.78 Å². The summed E-state index contributed by atoms with van der Waals surface area (Å²) in [5, 5.41) is 0.502. The van der Waals surface area contributed by atoms with Crippen LogP contribution in [0, 0.1) is 0 Å². The molecule has 0 aliphatic heterocycles. The minimum atomic E-state index is -0.537. The van der Waals surface area contributed by atoms with Crippen molar-refractivity contribution < 1.29 is 14.3 Å². The van der Waals surface area contributed by atoms with Gasteiger partial charge in [-0.2, -0.15) is 0 Å². The molecular formula is C15H14ClNO3. The topological polar surface area (TPSA) is 48.4 Å². The molecule has 0 saturated carbocycles. The molecule has 0 fully saturated rings. The lowest BCUT2D eigenvalue weighted by molar-refractivity contribution is -0.143. The average molecular weight is 292 g/mol. The molecule has 0 spiro atoms. The smallest absolute Gasteiger partial charge is 0.316 e. The predicted molar refractivity (Wildman–Crippen MR) is 75.9 cm³/mol. The summed E-state index contributed by atoms with van der Waals surface area (Å²) in [5.41, 5.74) is 0.742. The van der Waals surface area contributed by atoms with Crippen LogP contribution in [0.25, 0.3) is 0 Å². The molecule has 0 radical (unpaired) electrons. The first-order valence-corrected chi connectivity index (χ1v) is 6.45. The number of carbonyl (C=O) groups is 1. The Balaban J connectivity index is 2.14. The van der Waals surface area contributed by atoms with Gasteiger partial charge in [-0.15, -0.1) is 0 Å². The van der Waals surface area contributed by atoms with Crippen molar-refractivity contribution in [3.8, 4) is 5.75 Å². The zero-order valence-corrected chi connectivity index (χ0v) is 11.7. The molecule has 0 aliphatic rings. The van der Waals surface area contributed by atoms with Gasteiger partial charge in [0.1, 0.15) is 18.3 Å². The maximum atomic E-state index is 11.9. The summed E-state index contributed by atoms with van der Waals surface area (Å²) in [6.45, 7) is 0.141. The van der Waals surface area contributed by atoms with E-state index in [0.717, 1.165) is 5.56 Å². The Morgan fingerprint density at radius 3 is 2.75 bits per heavy atom. The van der Waals surface area contributed by atoms with Crippen molar-refractivity contribution in [3.05, 3.63) is 59.4 Å². The van der Waals surface area contributed by atoms with E-state index in [1.807, 2.05) is 18.2 Å². The first kappa shape index (κ1) is 14.3. The fourth-order valence-electron chi connectivity index (χ4n) is 1.76. The number of aromatic nitrogens is 1. The number of carbonyl (C=O) groups excluding carboxylic acids is 1. The molecule has 4 nitrogen and oxygen atoms in total. The quantitative estimate of drug-likeness (QED) is 0.794. The molecule has 20 heavy (non-hydrogen) atoms. The van der Waals surface area contributed by atoms with E-state index in [1.165, 1.54) is 7.11 Å². The van der Waals surface area contributed by atoms with Crippen molar-refractivity contribution in [2.24, 2.45) is 0 Å². The van der Waals surface area contributed by atoms with Crippen LogP contribution in [0.5, 0.6) is 5.75 Å². The highest BCUT2D eigenvalue weighted by Gasteiger charge is 2.22. The molecular weight excluding hydrogens is 278 g/mol. The van der Waals surface area contributed by atoms with Crippen LogP contribution in [0.2, 0.25) is 5.02 Å². The number of halogens is 1. The maximum Gasteiger partial charge on any atom is 0.316 e. The van der Waals surface area contributed by atoms with Gasteiger partial charge in [0, 0.05) is 12.4 Å². The number of para-hydroxylation sites is 1. The minimum absolute atomic E-state index is 0.141. The number of ether oxygens (including phenoxy) is 2. The average Bonchev–Trinajstić information content (AvgIpc) is 2.50. The van der Waals surface area contributed by atoms with Crippen molar-refractivity contribution in [3.63, 3.8) is 0 Å². The minimum Gasteiger partial charge on any atom is -0.491 e. The normalized spacial score (nSPS) is 11.7. The summed E-state index contributed by atoms with van der Waals surface area (Å²) in [4.78, 5) is 15.9. The van der Waals surface area contributed by atoms with E-state index >= 15 is 0 Å². The van der Waals surface area contributed by atoms with Gasteiger partial charge in [-0.25, -0.2) is 0 Å². The molecule has 1 unspecified atom stereocenters. The van der Waals surface area contributed by atoms with E-state index < -0.39 is 5.92 Å². The predicted octanol–water partition coefficient (Wildman–Crippen LogP) is 3.07. The highest BCUT2D eigenvalue weighted by Crippen LogP contribution is 2.25. The number of hydrogen-bond acceptors (Lipinski definition) is 4. The number of esters is 1. The zero-order valence-electron chi connectivity index (χ0n) is 11.0. The number of methoxy groups -OCH3 is 1. The Morgan fingerprint density at radius 2 is 2.10 bits per heavy atom. The Morgan fingerprint density at radius 1 is 1.30 bits per heavy atom. The molecule has 0 saturated heterocycles.